The van der Waals surface area contributed by atoms with Crippen LogP contribution >= 0.6 is 0 Å². The van der Waals surface area contributed by atoms with Crippen LogP contribution in [0, 0.1) is 0 Å². The first-order chi connectivity index (χ1) is 18.9. The molecule has 212 valence electrons. The largest absolute Gasteiger partial charge is 0.456 e. The van der Waals surface area contributed by atoms with Crippen LogP contribution in [0.1, 0.15) is 110 Å². The highest BCUT2D eigenvalue weighted by Crippen LogP contribution is 2.46. The molecule has 0 amide bonds. The predicted molar refractivity (Wildman–Crippen MR) is 150 cm³/mol. The van der Waals surface area contributed by atoms with Crippen molar-refractivity contribution in [2.75, 3.05) is 6.61 Å². The van der Waals surface area contributed by atoms with E-state index in [1.807, 2.05) is 24.3 Å². The average molecular weight is 539 g/mol. The number of halogens is 1. The highest BCUT2D eigenvalue weighted by Gasteiger charge is 2.62. The van der Waals surface area contributed by atoms with Crippen molar-refractivity contribution in [3.8, 4) is 0 Å². The molecule has 0 spiro atoms. The highest BCUT2D eigenvalue weighted by molar-refractivity contribution is 5.90. The number of ether oxygens (including phenoxy) is 3. The molecule has 1 saturated heterocycles. The smallest absolute Gasteiger partial charge is 0.338 e. The topological polar surface area (TPSA) is 61.8 Å². The van der Waals surface area contributed by atoms with Gasteiger partial charge in [-0.05, 0) is 73.9 Å². The number of carbonyl (C=O) groups is 2. The number of benzene rings is 2. The van der Waals surface area contributed by atoms with Crippen molar-refractivity contribution >= 4 is 11.9 Å². The van der Waals surface area contributed by atoms with Crippen LogP contribution in [0.15, 0.2) is 48.5 Å². The van der Waals surface area contributed by atoms with E-state index in [1.54, 1.807) is 24.3 Å². The van der Waals surface area contributed by atoms with Gasteiger partial charge in [-0.3, -0.25) is 0 Å². The number of hydrogen-bond donors (Lipinski definition) is 0. The molecule has 0 radical (unpaired) electrons. The van der Waals surface area contributed by atoms with E-state index in [4.69, 9.17) is 14.2 Å². The summed E-state index contributed by atoms with van der Waals surface area (Å²) in [6.07, 6.45) is 9.23. The monoisotopic (exact) mass is 538 g/mol. The molecule has 0 aromatic heterocycles. The molecule has 0 bridgehead atoms. The molecule has 4 atom stereocenters. The van der Waals surface area contributed by atoms with E-state index in [-0.39, 0.29) is 13.0 Å². The third kappa shape index (κ3) is 7.47. The van der Waals surface area contributed by atoms with Gasteiger partial charge in [-0.2, -0.15) is 0 Å². The molecule has 1 aliphatic carbocycles. The van der Waals surface area contributed by atoms with Crippen molar-refractivity contribution < 1.29 is 28.2 Å². The Morgan fingerprint density at radius 1 is 0.795 bits per heavy atom. The Balaban J connectivity index is 1.27. The molecular formula is C33H43FO5. The maximum atomic E-state index is 16.0. The first-order valence-corrected chi connectivity index (χ1v) is 14.8. The number of aryl methyl sites for hydroxylation is 2. The third-order valence-electron chi connectivity index (χ3n) is 8.11. The lowest BCUT2D eigenvalue weighted by molar-refractivity contribution is -0.0474. The Morgan fingerprint density at radius 2 is 1.31 bits per heavy atom. The van der Waals surface area contributed by atoms with Crippen LogP contribution in [-0.4, -0.2) is 42.5 Å². The molecule has 5 nitrogen and oxygen atoms in total. The lowest BCUT2D eigenvalue weighted by Crippen LogP contribution is -2.44. The number of hydrogen-bond acceptors (Lipinski definition) is 5. The van der Waals surface area contributed by atoms with Crippen molar-refractivity contribution in [1.82, 2.24) is 0 Å². The maximum Gasteiger partial charge on any atom is 0.338 e. The van der Waals surface area contributed by atoms with E-state index >= 15 is 4.39 Å². The number of rotatable bonds is 14. The molecule has 6 heteroatoms. The first kappa shape index (κ1) is 29.3. The fourth-order valence-corrected chi connectivity index (χ4v) is 5.67. The summed E-state index contributed by atoms with van der Waals surface area (Å²) in [7, 11) is 0. The van der Waals surface area contributed by atoms with Gasteiger partial charge in [0.15, 0.2) is 11.8 Å². The zero-order chi connectivity index (χ0) is 27.7. The summed E-state index contributed by atoms with van der Waals surface area (Å²) in [5.41, 5.74) is 1.34. The minimum Gasteiger partial charge on any atom is -0.456 e. The second kappa shape index (κ2) is 14.1. The van der Waals surface area contributed by atoms with Crippen LogP contribution in [0.2, 0.25) is 0 Å². The molecule has 1 saturated carbocycles. The molecule has 0 unspecified atom stereocenters. The van der Waals surface area contributed by atoms with Gasteiger partial charge in [-0.1, -0.05) is 76.6 Å². The number of carbonyl (C=O) groups excluding carboxylic acids is 2. The summed E-state index contributed by atoms with van der Waals surface area (Å²) in [5.74, 6) is -1.05. The Bertz CT molecular complexity index is 1070. The molecule has 2 aromatic carbocycles. The highest BCUT2D eigenvalue weighted by atomic mass is 19.1. The standard InChI is InChI=1S/C33H43FO5/c1-3-5-7-9-11-24-13-17-26(18-14-24)31(35)38-28-21-22-33(34)29(23-37-30(28)33)39-32(36)27-19-15-25(16-20-27)12-10-8-6-4-2/h13-20,28-30H,3-12,21-23H2,1-2H3/t28-,29+,30-,33+/m1/s1. The van der Waals surface area contributed by atoms with Crippen LogP contribution in [0.25, 0.3) is 0 Å². The summed E-state index contributed by atoms with van der Waals surface area (Å²) >= 11 is 0. The second-order valence-corrected chi connectivity index (χ2v) is 11.1. The quantitative estimate of drug-likeness (QED) is 0.183. The fourth-order valence-electron chi connectivity index (χ4n) is 5.67. The van der Waals surface area contributed by atoms with Gasteiger partial charge in [-0.15, -0.1) is 0 Å². The summed E-state index contributed by atoms with van der Waals surface area (Å²) in [4.78, 5) is 25.6. The van der Waals surface area contributed by atoms with Crippen LogP contribution < -0.4 is 0 Å². The van der Waals surface area contributed by atoms with E-state index < -0.39 is 35.9 Å². The SMILES string of the molecule is CCCCCCc1ccc(C(=O)O[C@H]2CO[C@@H]3[C@H](OC(=O)c4ccc(CCCCCC)cc4)CC[C@]23F)cc1. The van der Waals surface area contributed by atoms with Gasteiger partial charge in [0.25, 0.3) is 0 Å². The van der Waals surface area contributed by atoms with E-state index in [2.05, 4.69) is 13.8 Å². The molecular weight excluding hydrogens is 495 g/mol. The minimum atomic E-state index is -1.87. The number of fused-ring (bicyclic) bond motifs is 1. The van der Waals surface area contributed by atoms with E-state index in [1.165, 1.54) is 49.7 Å². The van der Waals surface area contributed by atoms with E-state index in [9.17, 15) is 9.59 Å². The van der Waals surface area contributed by atoms with Crippen molar-refractivity contribution in [2.24, 2.45) is 0 Å². The van der Waals surface area contributed by atoms with Gasteiger partial charge in [0.2, 0.25) is 0 Å². The van der Waals surface area contributed by atoms with Gasteiger partial charge in [0, 0.05) is 0 Å². The van der Waals surface area contributed by atoms with Crippen LogP contribution in [0.4, 0.5) is 4.39 Å². The fraction of sp³-hybridized carbons (Fsp3) is 0.576. The maximum absolute atomic E-state index is 16.0. The molecule has 1 heterocycles. The second-order valence-electron chi connectivity index (χ2n) is 11.1. The van der Waals surface area contributed by atoms with Crippen LogP contribution in [0.3, 0.4) is 0 Å². The Labute approximate surface area is 232 Å². The Hall–Kier alpha value is -2.73. The van der Waals surface area contributed by atoms with Crippen molar-refractivity contribution in [3.05, 3.63) is 70.8 Å². The summed E-state index contributed by atoms with van der Waals surface area (Å²) in [5, 5.41) is 0. The van der Waals surface area contributed by atoms with Crippen molar-refractivity contribution in [2.45, 2.75) is 115 Å². The molecule has 39 heavy (non-hydrogen) atoms. The normalized spacial score (nSPS) is 23.9. The predicted octanol–water partition coefficient (Wildman–Crippen LogP) is 7.58. The Morgan fingerprint density at radius 3 is 1.82 bits per heavy atom. The van der Waals surface area contributed by atoms with Gasteiger partial charge in [0.1, 0.15) is 12.2 Å². The summed E-state index contributed by atoms with van der Waals surface area (Å²) in [6, 6.07) is 14.8. The molecule has 2 aromatic rings. The van der Waals surface area contributed by atoms with Gasteiger partial charge >= 0.3 is 11.9 Å². The summed E-state index contributed by atoms with van der Waals surface area (Å²) in [6.45, 7) is 4.33. The number of unbranched alkanes of at least 4 members (excludes halogenated alkanes) is 6. The lowest BCUT2D eigenvalue weighted by atomic mass is 9.97. The molecule has 2 fully saturated rings. The minimum absolute atomic E-state index is 0.0524. The lowest BCUT2D eigenvalue weighted by Gasteiger charge is -2.25. The van der Waals surface area contributed by atoms with Crippen LogP contribution in [-0.2, 0) is 27.1 Å². The average Bonchev–Trinajstić information content (AvgIpc) is 3.44. The van der Waals surface area contributed by atoms with Crippen molar-refractivity contribution in [1.29, 1.82) is 0 Å². The van der Waals surface area contributed by atoms with Gasteiger partial charge in [0.05, 0.1) is 17.7 Å². The number of alkyl halides is 1. The zero-order valence-corrected chi connectivity index (χ0v) is 23.5. The molecule has 1 aliphatic heterocycles. The summed E-state index contributed by atoms with van der Waals surface area (Å²) < 4.78 is 33.0. The van der Waals surface area contributed by atoms with Crippen LogP contribution in [0.5, 0.6) is 0 Å². The Kier molecular flexibility index (Phi) is 10.6. The van der Waals surface area contributed by atoms with Gasteiger partial charge in [-0.25, -0.2) is 14.0 Å². The van der Waals surface area contributed by atoms with Gasteiger partial charge < -0.3 is 14.2 Å². The molecule has 0 N–H and O–H groups in total. The number of esters is 2. The zero-order valence-electron chi connectivity index (χ0n) is 23.5. The van der Waals surface area contributed by atoms with Crippen molar-refractivity contribution in [3.63, 3.8) is 0 Å². The third-order valence-corrected chi connectivity index (χ3v) is 8.11. The van der Waals surface area contributed by atoms with E-state index in [0.29, 0.717) is 17.5 Å². The molecule has 4 rings (SSSR count). The molecule has 2 aliphatic rings. The first-order valence-electron chi connectivity index (χ1n) is 14.8. The van der Waals surface area contributed by atoms with E-state index in [0.717, 1.165) is 25.7 Å².